The first-order chi connectivity index (χ1) is 12.2. The van der Waals surface area contributed by atoms with Gasteiger partial charge in [0.25, 0.3) is 0 Å². The summed E-state index contributed by atoms with van der Waals surface area (Å²) in [5.41, 5.74) is 4.56. The van der Waals surface area contributed by atoms with E-state index in [2.05, 4.69) is 10.1 Å². The molecule has 2 aromatic heterocycles. The minimum atomic E-state index is -0.200. The summed E-state index contributed by atoms with van der Waals surface area (Å²) in [6, 6.07) is 9.12. The molecule has 1 aliphatic rings. The third-order valence-electron chi connectivity index (χ3n) is 4.65. The van der Waals surface area contributed by atoms with Crippen molar-refractivity contribution in [3.05, 3.63) is 60.3 Å². The van der Waals surface area contributed by atoms with Crippen molar-refractivity contribution < 1.29 is 9.13 Å². The highest BCUT2D eigenvalue weighted by molar-refractivity contribution is 5.80. The topological polar surface area (TPSA) is 39.9 Å². The molecule has 1 unspecified atom stereocenters. The monoisotopic (exact) mass is 337 g/mol. The van der Waals surface area contributed by atoms with Gasteiger partial charge in [0.05, 0.1) is 11.9 Å². The summed E-state index contributed by atoms with van der Waals surface area (Å²) in [7, 11) is 0. The highest BCUT2D eigenvalue weighted by Gasteiger charge is 2.23. The molecule has 128 valence electrons. The number of halogens is 1. The van der Waals surface area contributed by atoms with Crippen molar-refractivity contribution in [1.82, 2.24) is 14.8 Å². The van der Waals surface area contributed by atoms with E-state index in [1.807, 2.05) is 35.1 Å². The van der Waals surface area contributed by atoms with Gasteiger partial charge >= 0.3 is 0 Å². The molecule has 0 aliphatic carbocycles. The quantitative estimate of drug-likeness (QED) is 0.692. The van der Waals surface area contributed by atoms with Crippen LogP contribution >= 0.6 is 0 Å². The smallest absolute Gasteiger partial charge is 0.150 e. The lowest BCUT2D eigenvalue weighted by molar-refractivity contribution is -0.0383. The van der Waals surface area contributed by atoms with Crippen LogP contribution in [0.1, 0.15) is 31.1 Å². The Hall–Kier alpha value is -2.53. The standard InChI is InChI=1S/C20H20FN3O/c1-14-12-16(5-6-18(14)21)20-17(15-7-9-22-10-8-15)13-23-24(20)19-4-2-3-11-25-19/h5-10,12-13,19H,2-4,11H2,1H3. The third-order valence-corrected chi connectivity index (χ3v) is 4.65. The van der Waals surface area contributed by atoms with E-state index in [0.29, 0.717) is 5.56 Å². The summed E-state index contributed by atoms with van der Waals surface area (Å²) in [6.07, 6.45) is 8.46. The van der Waals surface area contributed by atoms with Crippen molar-refractivity contribution in [3.63, 3.8) is 0 Å². The van der Waals surface area contributed by atoms with Crippen molar-refractivity contribution in [1.29, 1.82) is 0 Å². The predicted molar refractivity (Wildman–Crippen MR) is 94.4 cm³/mol. The summed E-state index contributed by atoms with van der Waals surface area (Å²) >= 11 is 0. The molecule has 1 aliphatic heterocycles. The molecule has 0 N–H and O–H groups in total. The Kier molecular flexibility index (Phi) is 4.32. The van der Waals surface area contributed by atoms with E-state index < -0.39 is 0 Å². The number of nitrogens with zero attached hydrogens (tertiary/aromatic N) is 3. The Balaban J connectivity index is 1.88. The molecule has 3 aromatic rings. The molecule has 0 bridgehead atoms. The van der Waals surface area contributed by atoms with Gasteiger partial charge in [0.15, 0.2) is 6.23 Å². The van der Waals surface area contributed by atoms with Crippen LogP contribution in [-0.4, -0.2) is 21.4 Å². The van der Waals surface area contributed by atoms with Crippen LogP contribution in [0.3, 0.4) is 0 Å². The maximum atomic E-state index is 13.8. The SMILES string of the molecule is Cc1cc(-c2c(-c3ccncc3)cnn2C2CCCCO2)ccc1F. The van der Waals surface area contributed by atoms with Gasteiger partial charge in [0.1, 0.15) is 5.82 Å². The molecule has 4 nitrogen and oxygen atoms in total. The van der Waals surface area contributed by atoms with E-state index in [-0.39, 0.29) is 12.0 Å². The Labute approximate surface area is 146 Å². The van der Waals surface area contributed by atoms with Crippen molar-refractivity contribution >= 4 is 0 Å². The van der Waals surface area contributed by atoms with Crippen LogP contribution in [-0.2, 0) is 4.74 Å². The fourth-order valence-corrected chi connectivity index (χ4v) is 3.32. The number of aromatic nitrogens is 3. The van der Waals surface area contributed by atoms with Crippen LogP contribution in [0.2, 0.25) is 0 Å². The van der Waals surface area contributed by atoms with E-state index in [9.17, 15) is 4.39 Å². The van der Waals surface area contributed by atoms with E-state index in [0.717, 1.165) is 48.3 Å². The van der Waals surface area contributed by atoms with Crippen molar-refractivity contribution in [3.8, 4) is 22.4 Å². The minimum Gasteiger partial charge on any atom is -0.356 e. The Morgan fingerprint density at radius 1 is 1.12 bits per heavy atom. The van der Waals surface area contributed by atoms with Crippen molar-refractivity contribution in [2.75, 3.05) is 6.61 Å². The van der Waals surface area contributed by atoms with E-state index in [1.165, 1.54) is 6.07 Å². The van der Waals surface area contributed by atoms with Crippen LogP contribution < -0.4 is 0 Å². The fourth-order valence-electron chi connectivity index (χ4n) is 3.32. The lowest BCUT2D eigenvalue weighted by Crippen LogP contribution is -2.20. The number of benzene rings is 1. The van der Waals surface area contributed by atoms with Crippen LogP contribution in [0.15, 0.2) is 48.9 Å². The van der Waals surface area contributed by atoms with Crippen LogP contribution in [0.25, 0.3) is 22.4 Å². The molecule has 4 rings (SSSR count). The molecule has 3 heterocycles. The Bertz CT molecular complexity index is 870. The molecular formula is C20H20FN3O. The number of hydrogen-bond donors (Lipinski definition) is 0. The van der Waals surface area contributed by atoms with Gasteiger partial charge in [-0.15, -0.1) is 0 Å². The molecular weight excluding hydrogens is 317 g/mol. The van der Waals surface area contributed by atoms with Crippen LogP contribution in [0.5, 0.6) is 0 Å². The summed E-state index contributed by atoms with van der Waals surface area (Å²) in [6.45, 7) is 2.53. The maximum Gasteiger partial charge on any atom is 0.150 e. The number of pyridine rings is 1. The second-order valence-electron chi connectivity index (χ2n) is 6.37. The zero-order chi connectivity index (χ0) is 17.2. The van der Waals surface area contributed by atoms with Gasteiger partial charge < -0.3 is 4.74 Å². The van der Waals surface area contributed by atoms with Gasteiger partial charge in [-0.3, -0.25) is 4.98 Å². The van der Waals surface area contributed by atoms with E-state index in [4.69, 9.17) is 4.74 Å². The molecule has 0 spiro atoms. The first-order valence-corrected chi connectivity index (χ1v) is 8.60. The van der Waals surface area contributed by atoms with Crippen LogP contribution in [0, 0.1) is 12.7 Å². The zero-order valence-corrected chi connectivity index (χ0v) is 14.2. The Morgan fingerprint density at radius 3 is 2.68 bits per heavy atom. The van der Waals surface area contributed by atoms with E-state index in [1.54, 1.807) is 19.3 Å². The fraction of sp³-hybridized carbons (Fsp3) is 0.300. The normalized spacial score (nSPS) is 17.6. The van der Waals surface area contributed by atoms with Gasteiger partial charge in [-0.05, 0) is 67.6 Å². The van der Waals surface area contributed by atoms with Crippen molar-refractivity contribution in [2.45, 2.75) is 32.4 Å². The summed E-state index contributed by atoms with van der Waals surface area (Å²) in [4.78, 5) is 4.09. The molecule has 0 amide bonds. The average Bonchev–Trinajstić information content (AvgIpc) is 3.10. The lowest BCUT2D eigenvalue weighted by Gasteiger charge is -2.25. The molecule has 5 heteroatoms. The molecule has 25 heavy (non-hydrogen) atoms. The molecule has 0 saturated carbocycles. The van der Waals surface area contributed by atoms with Gasteiger partial charge in [-0.25, -0.2) is 9.07 Å². The summed E-state index contributed by atoms with van der Waals surface area (Å²) in [5.74, 6) is -0.200. The van der Waals surface area contributed by atoms with Gasteiger partial charge in [0.2, 0.25) is 0 Å². The molecule has 1 saturated heterocycles. The molecule has 1 atom stereocenters. The van der Waals surface area contributed by atoms with Gasteiger partial charge in [-0.1, -0.05) is 0 Å². The highest BCUT2D eigenvalue weighted by atomic mass is 19.1. The number of aryl methyl sites for hydroxylation is 1. The van der Waals surface area contributed by atoms with Crippen molar-refractivity contribution in [2.24, 2.45) is 0 Å². The number of rotatable bonds is 3. The third kappa shape index (κ3) is 3.07. The molecule has 0 radical (unpaired) electrons. The largest absolute Gasteiger partial charge is 0.356 e. The van der Waals surface area contributed by atoms with E-state index >= 15 is 0 Å². The molecule has 1 aromatic carbocycles. The zero-order valence-electron chi connectivity index (χ0n) is 14.2. The first kappa shape index (κ1) is 16.0. The van der Waals surface area contributed by atoms with Crippen LogP contribution in [0.4, 0.5) is 4.39 Å². The van der Waals surface area contributed by atoms with Gasteiger partial charge in [0, 0.05) is 30.1 Å². The minimum absolute atomic E-state index is 0.0790. The predicted octanol–water partition coefficient (Wildman–Crippen LogP) is 4.76. The number of ether oxygens (including phenoxy) is 1. The Morgan fingerprint density at radius 2 is 1.96 bits per heavy atom. The average molecular weight is 337 g/mol. The first-order valence-electron chi connectivity index (χ1n) is 8.60. The molecule has 1 fully saturated rings. The second-order valence-corrected chi connectivity index (χ2v) is 6.37. The second kappa shape index (κ2) is 6.76. The number of hydrogen-bond acceptors (Lipinski definition) is 3. The lowest BCUT2D eigenvalue weighted by atomic mass is 10.0. The summed E-state index contributed by atoms with van der Waals surface area (Å²) in [5, 5.41) is 4.62. The summed E-state index contributed by atoms with van der Waals surface area (Å²) < 4.78 is 21.7. The maximum absolute atomic E-state index is 13.8. The van der Waals surface area contributed by atoms with Gasteiger partial charge in [-0.2, -0.15) is 5.10 Å². The highest BCUT2D eigenvalue weighted by Crippen LogP contribution is 2.36.